The van der Waals surface area contributed by atoms with Gasteiger partial charge < -0.3 is 4.79 Å². The van der Waals surface area contributed by atoms with Crippen LogP contribution in [0.25, 0.3) is 11.1 Å². The van der Waals surface area contributed by atoms with Crippen LogP contribution in [-0.4, -0.2) is 6.29 Å². The SMILES string of the molecule is [2H]C(C=O)c1ccccc1-c1ccc(C)cc1. The summed E-state index contributed by atoms with van der Waals surface area (Å²) in [5.41, 5.74) is 3.96. The van der Waals surface area contributed by atoms with Crippen molar-refractivity contribution < 1.29 is 6.17 Å². The van der Waals surface area contributed by atoms with Crippen molar-refractivity contribution in [2.75, 3.05) is 0 Å². The van der Waals surface area contributed by atoms with Crippen LogP contribution in [0.1, 0.15) is 12.5 Å². The molecule has 0 aromatic heterocycles. The summed E-state index contributed by atoms with van der Waals surface area (Å²) >= 11 is 0. The van der Waals surface area contributed by atoms with Crippen LogP contribution in [0.2, 0.25) is 0 Å². The van der Waals surface area contributed by atoms with Gasteiger partial charge in [-0.15, -0.1) is 0 Å². The van der Waals surface area contributed by atoms with Crippen molar-refractivity contribution in [2.24, 2.45) is 0 Å². The maximum atomic E-state index is 10.8. The molecule has 1 unspecified atom stereocenters. The maximum absolute atomic E-state index is 10.8. The Morgan fingerprint density at radius 3 is 2.50 bits per heavy atom. The van der Waals surface area contributed by atoms with Gasteiger partial charge in [-0.05, 0) is 23.6 Å². The molecule has 16 heavy (non-hydrogen) atoms. The molecule has 0 heterocycles. The fourth-order valence-corrected chi connectivity index (χ4v) is 1.71. The highest BCUT2D eigenvalue weighted by molar-refractivity contribution is 5.71. The molecule has 0 amide bonds. The summed E-state index contributed by atoms with van der Waals surface area (Å²) in [5.74, 6) is 0. The van der Waals surface area contributed by atoms with E-state index in [4.69, 9.17) is 1.37 Å². The van der Waals surface area contributed by atoms with E-state index in [1.165, 1.54) is 5.56 Å². The number of aldehydes is 1. The van der Waals surface area contributed by atoms with E-state index in [1.54, 1.807) is 0 Å². The van der Waals surface area contributed by atoms with E-state index in [0.29, 0.717) is 6.29 Å². The molecular weight excluding hydrogens is 196 g/mol. The van der Waals surface area contributed by atoms with Gasteiger partial charge in [0, 0.05) is 7.77 Å². The lowest BCUT2D eigenvalue weighted by atomic mass is 9.97. The number of carbonyl (C=O) groups excluding carboxylic acids is 1. The smallest absolute Gasteiger partial charge is 0.124 e. The number of hydrogen-bond acceptors (Lipinski definition) is 1. The van der Waals surface area contributed by atoms with Crippen molar-refractivity contribution in [3.05, 3.63) is 59.7 Å². The Labute approximate surface area is 97.1 Å². The Morgan fingerprint density at radius 2 is 1.81 bits per heavy atom. The quantitative estimate of drug-likeness (QED) is 0.711. The summed E-state index contributed by atoms with van der Waals surface area (Å²) in [6.45, 7) is 2.04. The molecule has 1 nitrogen and oxygen atoms in total. The zero-order chi connectivity index (χ0) is 12.3. The summed E-state index contributed by atoms with van der Waals surface area (Å²) < 4.78 is 7.73. The van der Waals surface area contributed by atoms with E-state index in [-0.39, 0.29) is 0 Å². The fraction of sp³-hybridized carbons (Fsp3) is 0.133. The lowest BCUT2D eigenvalue weighted by Crippen LogP contribution is -1.90. The van der Waals surface area contributed by atoms with Crippen molar-refractivity contribution in [1.29, 1.82) is 0 Å². The second-order valence-corrected chi connectivity index (χ2v) is 3.76. The van der Waals surface area contributed by atoms with Gasteiger partial charge in [0.05, 0.1) is 0 Å². The molecule has 2 aromatic carbocycles. The van der Waals surface area contributed by atoms with Crippen LogP contribution in [-0.2, 0) is 11.2 Å². The van der Waals surface area contributed by atoms with Gasteiger partial charge in [0.2, 0.25) is 0 Å². The minimum Gasteiger partial charge on any atom is -0.303 e. The van der Waals surface area contributed by atoms with Gasteiger partial charge in [0.25, 0.3) is 0 Å². The minimum atomic E-state index is -0.812. The third-order valence-electron chi connectivity index (χ3n) is 2.57. The predicted octanol–water partition coefficient (Wildman–Crippen LogP) is 3.40. The first-order valence-electron chi connectivity index (χ1n) is 5.83. The van der Waals surface area contributed by atoms with Gasteiger partial charge >= 0.3 is 0 Å². The van der Waals surface area contributed by atoms with Crippen molar-refractivity contribution >= 4 is 6.29 Å². The third-order valence-corrected chi connectivity index (χ3v) is 2.57. The molecule has 0 aliphatic heterocycles. The van der Waals surface area contributed by atoms with E-state index in [9.17, 15) is 4.79 Å². The Hall–Kier alpha value is -1.89. The van der Waals surface area contributed by atoms with Crippen LogP contribution < -0.4 is 0 Å². The predicted molar refractivity (Wildman–Crippen MR) is 66.4 cm³/mol. The van der Waals surface area contributed by atoms with E-state index in [2.05, 4.69) is 0 Å². The minimum absolute atomic E-state index is 0.660. The molecule has 1 atom stereocenters. The zero-order valence-corrected chi connectivity index (χ0v) is 9.18. The Balaban J connectivity index is 2.51. The molecule has 0 bridgehead atoms. The van der Waals surface area contributed by atoms with Crippen molar-refractivity contribution in [1.82, 2.24) is 0 Å². The first kappa shape index (κ1) is 9.34. The van der Waals surface area contributed by atoms with Gasteiger partial charge in [-0.3, -0.25) is 0 Å². The Bertz CT molecular complexity index is 517. The summed E-state index contributed by atoms with van der Waals surface area (Å²) in [4.78, 5) is 10.8. The Morgan fingerprint density at radius 1 is 1.12 bits per heavy atom. The number of hydrogen-bond donors (Lipinski definition) is 0. The fourth-order valence-electron chi connectivity index (χ4n) is 1.71. The topological polar surface area (TPSA) is 17.1 Å². The summed E-state index contributed by atoms with van der Waals surface area (Å²) in [7, 11) is 0. The molecule has 0 aliphatic rings. The number of benzene rings is 2. The monoisotopic (exact) mass is 211 g/mol. The largest absolute Gasteiger partial charge is 0.303 e. The molecule has 0 aliphatic carbocycles. The number of aryl methyl sites for hydroxylation is 1. The molecule has 0 radical (unpaired) electrons. The molecule has 2 aromatic rings. The van der Waals surface area contributed by atoms with E-state index in [1.807, 2.05) is 55.5 Å². The lowest BCUT2D eigenvalue weighted by Gasteiger charge is -2.07. The van der Waals surface area contributed by atoms with Crippen LogP contribution >= 0.6 is 0 Å². The van der Waals surface area contributed by atoms with Crippen LogP contribution in [0.5, 0.6) is 0 Å². The van der Waals surface area contributed by atoms with Gasteiger partial charge in [-0.1, -0.05) is 54.1 Å². The van der Waals surface area contributed by atoms with E-state index in [0.717, 1.165) is 16.7 Å². The van der Waals surface area contributed by atoms with E-state index < -0.39 is 6.40 Å². The first-order valence-corrected chi connectivity index (χ1v) is 5.26. The second kappa shape index (κ2) is 4.75. The number of carbonyl (C=O) groups is 1. The highest BCUT2D eigenvalue weighted by Gasteiger charge is 2.03. The van der Waals surface area contributed by atoms with Gasteiger partial charge in [0.15, 0.2) is 0 Å². The average Bonchev–Trinajstić information content (AvgIpc) is 2.39. The lowest BCUT2D eigenvalue weighted by molar-refractivity contribution is -0.107. The van der Waals surface area contributed by atoms with Crippen molar-refractivity contribution in [2.45, 2.75) is 13.3 Å². The Kier molecular flexibility index (Phi) is 2.78. The molecule has 0 saturated carbocycles. The normalized spacial score (nSPS) is 12.9. The van der Waals surface area contributed by atoms with Gasteiger partial charge in [0.1, 0.15) is 6.29 Å². The third kappa shape index (κ3) is 2.19. The zero-order valence-electron chi connectivity index (χ0n) is 10.2. The molecule has 80 valence electrons. The highest BCUT2D eigenvalue weighted by Crippen LogP contribution is 2.23. The molecule has 1 heteroatoms. The molecule has 0 N–H and O–H groups in total. The van der Waals surface area contributed by atoms with Gasteiger partial charge in [-0.2, -0.15) is 0 Å². The van der Waals surface area contributed by atoms with Crippen molar-refractivity contribution in [3.63, 3.8) is 0 Å². The average molecular weight is 211 g/mol. The molecule has 2 rings (SSSR count). The van der Waals surface area contributed by atoms with Crippen LogP contribution in [0.3, 0.4) is 0 Å². The molecule has 0 spiro atoms. The van der Waals surface area contributed by atoms with Gasteiger partial charge in [-0.25, -0.2) is 0 Å². The number of rotatable bonds is 3. The summed E-state index contributed by atoms with van der Waals surface area (Å²) in [5, 5.41) is 0. The molecule has 0 fully saturated rings. The highest BCUT2D eigenvalue weighted by atomic mass is 16.1. The first-order chi connectivity index (χ1) is 8.22. The maximum Gasteiger partial charge on any atom is 0.124 e. The molecular formula is C15H14O. The second-order valence-electron chi connectivity index (χ2n) is 3.76. The van der Waals surface area contributed by atoms with Crippen molar-refractivity contribution in [3.8, 4) is 11.1 Å². The van der Waals surface area contributed by atoms with Crippen LogP contribution in [0.4, 0.5) is 0 Å². The van der Waals surface area contributed by atoms with Crippen LogP contribution in [0.15, 0.2) is 48.5 Å². The van der Waals surface area contributed by atoms with E-state index >= 15 is 0 Å². The molecule has 0 saturated heterocycles. The standard InChI is InChI=1S/C15H14O/c1-12-6-8-14(9-7-12)15-5-3-2-4-13(15)10-11-16/h2-9,11H,10H2,1H3/i10D. The summed E-state index contributed by atoms with van der Waals surface area (Å²) in [6.07, 6.45) is -0.153. The summed E-state index contributed by atoms with van der Waals surface area (Å²) in [6, 6.07) is 15.7. The van der Waals surface area contributed by atoms with Crippen LogP contribution in [0, 0.1) is 6.92 Å².